The number of nitrogens with zero attached hydrogens (tertiary/aromatic N) is 7. The van der Waals surface area contributed by atoms with Crippen LogP contribution in [0, 0.1) is 0 Å². The molecule has 0 aliphatic rings. The molecule has 0 spiro atoms. The second-order valence-electron chi connectivity index (χ2n) is 13.3. The number of hydrogen-bond donors (Lipinski definition) is 4. The Bertz CT molecular complexity index is 2370. The van der Waals surface area contributed by atoms with Crippen molar-refractivity contribution in [2.45, 2.75) is 38.5 Å². The number of aromatic amines is 2. The fourth-order valence-corrected chi connectivity index (χ4v) is 6.75. The van der Waals surface area contributed by atoms with Gasteiger partial charge in [0.25, 0.3) is 10.2 Å². The molecule has 0 fully saturated rings. The number of benzene rings is 2. The molecule has 58 heavy (non-hydrogen) atoms. The summed E-state index contributed by atoms with van der Waals surface area (Å²) in [5, 5.41) is 16.1. The molecule has 17 nitrogen and oxygen atoms in total. The monoisotopic (exact) mass is 813 g/mol. The molecule has 0 saturated carbocycles. The van der Waals surface area contributed by atoms with Crippen molar-refractivity contribution in [1.82, 2.24) is 39.4 Å². The normalized spacial score (nSPS) is 11.3. The van der Waals surface area contributed by atoms with Crippen LogP contribution in [0.1, 0.15) is 37.1 Å². The van der Waals surface area contributed by atoms with Gasteiger partial charge in [-0.15, -0.1) is 0 Å². The van der Waals surface area contributed by atoms with E-state index in [0.29, 0.717) is 68.0 Å². The Morgan fingerprint density at radius 1 is 0.724 bits per heavy atom. The summed E-state index contributed by atoms with van der Waals surface area (Å²) in [4.78, 5) is 37.9. The Morgan fingerprint density at radius 2 is 1.21 bits per heavy atom. The second kappa shape index (κ2) is 21.0. The zero-order valence-corrected chi connectivity index (χ0v) is 34.0. The fourth-order valence-electron chi connectivity index (χ4n) is 6.09. The van der Waals surface area contributed by atoms with Crippen molar-refractivity contribution in [3.05, 3.63) is 96.6 Å². The minimum atomic E-state index is -3.51. The molecule has 4 heterocycles. The van der Waals surface area contributed by atoms with Gasteiger partial charge in [0.05, 0.1) is 14.2 Å². The first-order valence-corrected chi connectivity index (χ1v) is 20.3. The summed E-state index contributed by atoms with van der Waals surface area (Å²) in [6.07, 6.45) is 6.25. The number of aryl methyl sites for hydroxylation is 2. The van der Waals surface area contributed by atoms with Gasteiger partial charge in [0, 0.05) is 105 Å². The first kappa shape index (κ1) is 43.2. The summed E-state index contributed by atoms with van der Waals surface area (Å²) in [5.74, 6) is 1.32. The SMILES string of the molecule is COc1cccc(N(CCCN)C(=O)CCc2[nH]nc3ncccc23)c1.COc1cccc(N(CCCNS(=O)(=O)N(C)C)C(=O)CCc2[nH]nc3ncccc23)c1. The van der Waals surface area contributed by atoms with Crippen molar-refractivity contribution in [3.63, 3.8) is 0 Å². The smallest absolute Gasteiger partial charge is 0.278 e. The van der Waals surface area contributed by atoms with Gasteiger partial charge in [-0.3, -0.25) is 19.8 Å². The molecule has 308 valence electrons. The van der Waals surface area contributed by atoms with Crippen molar-refractivity contribution in [2.75, 3.05) is 64.3 Å². The first-order valence-electron chi connectivity index (χ1n) is 18.9. The van der Waals surface area contributed by atoms with E-state index in [1.807, 2.05) is 60.7 Å². The van der Waals surface area contributed by atoms with E-state index in [2.05, 4.69) is 35.1 Å². The van der Waals surface area contributed by atoms with Gasteiger partial charge in [-0.25, -0.2) is 14.7 Å². The number of carbonyl (C=O) groups is 2. The third-order valence-electron chi connectivity index (χ3n) is 9.24. The van der Waals surface area contributed by atoms with E-state index in [1.165, 1.54) is 14.1 Å². The van der Waals surface area contributed by atoms with Crippen molar-refractivity contribution in [1.29, 1.82) is 0 Å². The van der Waals surface area contributed by atoms with Crippen LogP contribution in [0.15, 0.2) is 85.2 Å². The molecule has 4 aromatic heterocycles. The lowest BCUT2D eigenvalue weighted by Crippen LogP contribution is -2.38. The number of H-pyrrole nitrogens is 2. The predicted octanol–water partition coefficient (Wildman–Crippen LogP) is 4.00. The Kier molecular flexibility index (Phi) is 15.6. The average Bonchev–Trinajstić information content (AvgIpc) is 3.86. The number of anilines is 2. The van der Waals surface area contributed by atoms with Gasteiger partial charge in [0.1, 0.15) is 11.5 Å². The van der Waals surface area contributed by atoms with Gasteiger partial charge >= 0.3 is 0 Å². The van der Waals surface area contributed by atoms with Crippen LogP contribution < -0.4 is 29.7 Å². The molecule has 6 aromatic rings. The van der Waals surface area contributed by atoms with E-state index in [1.54, 1.807) is 48.5 Å². The maximum Gasteiger partial charge on any atom is 0.278 e. The number of amides is 2. The van der Waals surface area contributed by atoms with Crippen molar-refractivity contribution in [3.8, 4) is 11.5 Å². The van der Waals surface area contributed by atoms with Crippen LogP contribution >= 0.6 is 0 Å². The molecule has 2 amide bonds. The van der Waals surface area contributed by atoms with E-state index in [4.69, 9.17) is 15.2 Å². The number of pyridine rings is 2. The summed E-state index contributed by atoms with van der Waals surface area (Å²) in [6.45, 7) is 1.68. The molecule has 0 unspecified atom stereocenters. The minimum absolute atomic E-state index is 0.0401. The number of hydrogen-bond acceptors (Lipinski definition) is 11. The fraction of sp³-hybridized carbons (Fsp3) is 0.350. The van der Waals surface area contributed by atoms with Crippen molar-refractivity contribution < 1.29 is 27.5 Å². The number of nitrogens with one attached hydrogen (secondary N) is 3. The molecule has 0 atom stereocenters. The highest BCUT2D eigenvalue weighted by Gasteiger charge is 2.20. The highest BCUT2D eigenvalue weighted by Crippen LogP contribution is 2.25. The Balaban J connectivity index is 0.000000226. The number of carbonyl (C=O) groups excluding carboxylic acids is 2. The van der Waals surface area contributed by atoms with Crippen LogP contribution in [0.4, 0.5) is 11.4 Å². The number of fused-ring (bicyclic) bond motifs is 2. The molecule has 0 radical (unpaired) electrons. The Labute approximate surface area is 338 Å². The summed E-state index contributed by atoms with van der Waals surface area (Å²) >= 11 is 0. The van der Waals surface area contributed by atoms with E-state index < -0.39 is 10.2 Å². The summed E-state index contributed by atoms with van der Waals surface area (Å²) < 4.78 is 38.0. The van der Waals surface area contributed by atoms with Crippen LogP contribution in [0.3, 0.4) is 0 Å². The third kappa shape index (κ3) is 11.6. The quantitative estimate of drug-likeness (QED) is 0.0857. The van der Waals surface area contributed by atoms with Gasteiger partial charge in [-0.05, 0) is 80.8 Å². The number of aromatic nitrogens is 6. The maximum absolute atomic E-state index is 13.2. The van der Waals surface area contributed by atoms with E-state index in [9.17, 15) is 18.0 Å². The summed E-state index contributed by atoms with van der Waals surface area (Å²) in [7, 11) is 2.60. The van der Waals surface area contributed by atoms with E-state index in [-0.39, 0.29) is 24.8 Å². The highest BCUT2D eigenvalue weighted by atomic mass is 32.2. The van der Waals surface area contributed by atoms with Crippen LogP contribution in [0.5, 0.6) is 11.5 Å². The van der Waals surface area contributed by atoms with Gasteiger partial charge in [0.15, 0.2) is 11.3 Å². The third-order valence-corrected chi connectivity index (χ3v) is 10.8. The molecule has 0 aliphatic heterocycles. The van der Waals surface area contributed by atoms with Crippen LogP contribution in [0.2, 0.25) is 0 Å². The van der Waals surface area contributed by atoms with Crippen LogP contribution in [0.25, 0.3) is 22.1 Å². The first-order chi connectivity index (χ1) is 28.0. The molecular weight excluding hydrogens is 763 g/mol. The summed E-state index contributed by atoms with van der Waals surface area (Å²) in [6, 6.07) is 22.3. The number of nitrogens with two attached hydrogens (primary N) is 1. The highest BCUT2D eigenvalue weighted by molar-refractivity contribution is 7.87. The van der Waals surface area contributed by atoms with Gasteiger partial charge in [-0.2, -0.15) is 22.9 Å². The van der Waals surface area contributed by atoms with Gasteiger partial charge < -0.3 is 25.0 Å². The molecule has 5 N–H and O–H groups in total. The molecule has 6 rings (SSSR count). The Hall–Kier alpha value is -5.95. The molecular formula is C40H51N11O6S. The molecule has 0 saturated heterocycles. The summed E-state index contributed by atoms with van der Waals surface area (Å²) in [5.41, 5.74) is 10.2. The topological polar surface area (TPSA) is 218 Å². The lowest BCUT2D eigenvalue weighted by molar-refractivity contribution is -0.119. The number of rotatable bonds is 19. The maximum atomic E-state index is 13.2. The van der Waals surface area contributed by atoms with E-state index in [0.717, 1.165) is 44.3 Å². The lowest BCUT2D eigenvalue weighted by Gasteiger charge is -2.24. The van der Waals surface area contributed by atoms with E-state index >= 15 is 0 Å². The van der Waals surface area contributed by atoms with Crippen LogP contribution in [-0.4, -0.2) is 109 Å². The predicted molar refractivity (Wildman–Crippen MR) is 224 cm³/mol. The van der Waals surface area contributed by atoms with Gasteiger partial charge in [-0.1, -0.05) is 12.1 Å². The number of ether oxygens (including phenoxy) is 2. The lowest BCUT2D eigenvalue weighted by atomic mass is 10.1. The zero-order chi connectivity index (χ0) is 41.5. The molecule has 18 heteroatoms. The molecule has 0 bridgehead atoms. The number of methoxy groups -OCH3 is 2. The second-order valence-corrected chi connectivity index (χ2v) is 15.3. The average molecular weight is 814 g/mol. The minimum Gasteiger partial charge on any atom is -0.497 e. The Morgan fingerprint density at radius 3 is 1.66 bits per heavy atom. The molecule has 2 aromatic carbocycles. The van der Waals surface area contributed by atoms with Gasteiger partial charge in [0.2, 0.25) is 11.8 Å². The van der Waals surface area contributed by atoms with Crippen molar-refractivity contribution in [2.24, 2.45) is 5.73 Å². The van der Waals surface area contributed by atoms with Crippen LogP contribution in [-0.2, 0) is 32.6 Å². The van der Waals surface area contributed by atoms with Crippen molar-refractivity contribution >= 4 is 55.5 Å². The zero-order valence-electron chi connectivity index (χ0n) is 33.2. The standard InChI is InChI=1S/C21H28N6O4S.C19H23N5O2/c1-26(2)32(29,30)23-13-6-14-27(16-7-4-8-17(15-16)31-3)20(28)11-10-19-18-9-5-12-22-21(18)25-24-19;1-26-15-6-2-5-14(13-15)24(12-4-10-20)18(25)9-8-17-16-7-3-11-21-19(16)23-22-17/h4-5,7-9,12,15,23H,6,10-11,13-14H2,1-3H3,(H,22,24,25);2-3,5-7,11,13H,4,8-10,12,20H2,1H3,(H,21,22,23). The largest absolute Gasteiger partial charge is 0.497 e. The molecule has 0 aliphatic carbocycles.